The quantitative estimate of drug-likeness (QED) is 0.892. The molecule has 0 atom stereocenters. The number of rotatable bonds is 4. The van der Waals surface area contributed by atoms with Gasteiger partial charge in [-0.15, -0.1) is 0 Å². The number of nitrogens with zero attached hydrogens (tertiary/aromatic N) is 4. The second kappa shape index (κ2) is 8.50. The number of nitriles is 1. The molecule has 0 radical (unpaired) electrons. The first-order valence-corrected chi connectivity index (χ1v) is 8.68. The summed E-state index contributed by atoms with van der Waals surface area (Å²) in [4.78, 5) is 22.2. The molecule has 0 spiro atoms. The molecule has 1 aliphatic rings. The van der Waals surface area contributed by atoms with Gasteiger partial charge in [-0.3, -0.25) is 0 Å². The third kappa shape index (κ3) is 4.61. The largest absolute Gasteiger partial charge is 0.460 e. The van der Waals surface area contributed by atoms with E-state index < -0.39 is 0 Å². The molecule has 0 bridgehead atoms. The third-order valence-electron chi connectivity index (χ3n) is 4.16. The van der Waals surface area contributed by atoms with E-state index in [0.717, 1.165) is 18.4 Å². The summed E-state index contributed by atoms with van der Waals surface area (Å²) < 4.78 is 5.73. The molecular formula is C18H18ClN5O2. The van der Waals surface area contributed by atoms with Crippen LogP contribution in [0.25, 0.3) is 0 Å². The van der Waals surface area contributed by atoms with E-state index in [-0.39, 0.29) is 12.1 Å². The van der Waals surface area contributed by atoms with Crippen LogP contribution in [-0.4, -0.2) is 40.1 Å². The molecule has 1 fully saturated rings. The highest BCUT2D eigenvalue weighted by atomic mass is 35.5. The van der Waals surface area contributed by atoms with Crippen molar-refractivity contribution in [3.05, 3.63) is 52.8 Å². The Morgan fingerprint density at radius 3 is 2.73 bits per heavy atom. The highest BCUT2D eigenvalue weighted by Gasteiger charge is 2.24. The van der Waals surface area contributed by atoms with Crippen molar-refractivity contribution in [1.29, 1.82) is 5.26 Å². The van der Waals surface area contributed by atoms with Crippen molar-refractivity contribution in [2.45, 2.75) is 25.5 Å². The highest BCUT2D eigenvalue weighted by molar-refractivity contribution is 6.31. The number of piperidine rings is 1. The fraction of sp³-hybridized carbons (Fsp3) is 0.333. The minimum atomic E-state index is -0.139. The molecule has 2 amide bonds. The van der Waals surface area contributed by atoms with Crippen LogP contribution in [0.2, 0.25) is 5.02 Å². The van der Waals surface area contributed by atoms with Crippen molar-refractivity contribution in [2.75, 3.05) is 13.1 Å². The summed E-state index contributed by atoms with van der Waals surface area (Å²) in [5.41, 5.74) is 1.27. The van der Waals surface area contributed by atoms with E-state index in [1.807, 2.05) is 6.07 Å². The molecule has 26 heavy (non-hydrogen) atoms. The highest BCUT2D eigenvalue weighted by Crippen LogP contribution is 2.18. The third-order valence-corrected chi connectivity index (χ3v) is 4.51. The van der Waals surface area contributed by atoms with Crippen molar-refractivity contribution >= 4 is 17.6 Å². The average Bonchev–Trinajstić information content (AvgIpc) is 2.68. The van der Waals surface area contributed by atoms with Crippen LogP contribution < -0.4 is 10.1 Å². The second-order valence-electron chi connectivity index (χ2n) is 5.91. The Morgan fingerprint density at radius 2 is 2.08 bits per heavy atom. The first kappa shape index (κ1) is 18.0. The topological polar surface area (TPSA) is 91.1 Å². The van der Waals surface area contributed by atoms with Crippen LogP contribution in [0.5, 0.6) is 6.01 Å². The van der Waals surface area contributed by atoms with Crippen LogP contribution in [0.15, 0.2) is 36.7 Å². The van der Waals surface area contributed by atoms with Gasteiger partial charge in [-0.05, 0) is 23.8 Å². The monoisotopic (exact) mass is 371 g/mol. The van der Waals surface area contributed by atoms with E-state index >= 15 is 0 Å². The summed E-state index contributed by atoms with van der Waals surface area (Å²) in [7, 11) is 0. The fourth-order valence-electron chi connectivity index (χ4n) is 2.71. The molecule has 1 N–H and O–H groups in total. The number of benzene rings is 1. The number of halogens is 1. The maximum absolute atomic E-state index is 12.3. The molecule has 8 heteroatoms. The molecule has 134 valence electrons. The van der Waals surface area contributed by atoms with Crippen molar-refractivity contribution in [1.82, 2.24) is 20.2 Å². The van der Waals surface area contributed by atoms with Gasteiger partial charge in [0, 0.05) is 49.9 Å². The van der Waals surface area contributed by atoms with Crippen LogP contribution in [0.1, 0.15) is 24.0 Å². The van der Waals surface area contributed by atoms with Crippen LogP contribution in [0.4, 0.5) is 4.79 Å². The van der Waals surface area contributed by atoms with E-state index in [2.05, 4.69) is 15.3 Å². The maximum atomic E-state index is 12.3. The second-order valence-corrected chi connectivity index (χ2v) is 6.32. The SMILES string of the molecule is N#Cc1ccc(CNC(=O)N2CCC(Oc3ncccn3)CC2)c(Cl)c1. The average molecular weight is 372 g/mol. The van der Waals surface area contributed by atoms with Crippen molar-refractivity contribution in [3.63, 3.8) is 0 Å². The molecule has 1 aromatic heterocycles. The number of amides is 2. The van der Waals surface area contributed by atoms with Crippen molar-refractivity contribution in [2.24, 2.45) is 0 Å². The Bertz CT molecular complexity index is 801. The zero-order valence-electron chi connectivity index (χ0n) is 14.1. The lowest BCUT2D eigenvalue weighted by atomic mass is 10.1. The van der Waals surface area contributed by atoms with Crippen molar-refractivity contribution in [3.8, 4) is 12.1 Å². The van der Waals surface area contributed by atoms with Gasteiger partial charge in [0.25, 0.3) is 0 Å². The van der Waals surface area contributed by atoms with Gasteiger partial charge in [0.2, 0.25) is 0 Å². The summed E-state index contributed by atoms with van der Waals surface area (Å²) in [5, 5.41) is 12.2. The molecule has 0 saturated carbocycles. The molecule has 1 aliphatic heterocycles. The van der Waals surface area contributed by atoms with Gasteiger partial charge < -0.3 is 15.0 Å². The molecule has 2 aromatic rings. The minimum Gasteiger partial charge on any atom is -0.460 e. The number of carbonyl (C=O) groups is 1. The fourth-order valence-corrected chi connectivity index (χ4v) is 2.96. The number of urea groups is 1. The van der Waals surface area contributed by atoms with E-state index in [4.69, 9.17) is 21.6 Å². The van der Waals surface area contributed by atoms with Gasteiger partial charge in [0.1, 0.15) is 6.10 Å². The van der Waals surface area contributed by atoms with Gasteiger partial charge in [0.05, 0.1) is 11.6 Å². The molecule has 3 rings (SSSR count). The molecule has 1 aromatic carbocycles. The predicted octanol–water partition coefficient (Wildman–Crippen LogP) is 2.75. The summed E-state index contributed by atoms with van der Waals surface area (Å²) in [6.45, 7) is 1.52. The molecule has 1 saturated heterocycles. The van der Waals surface area contributed by atoms with Gasteiger partial charge in [-0.25, -0.2) is 14.8 Å². The van der Waals surface area contributed by atoms with E-state index in [1.54, 1.807) is 41.6 Å². The summed E-state index contributed by atoms with van der Waals surface area (Å²) in [5.74, 6) is 0. The van der Waals surface area contributed by atoms with Crippen LogP contribution >= 0.6 is 11.6 Å². The van der Waals surface area contributed by atoms with Gasteiger partial charge >= 0.3 is 12.0 Å². The first-order valence-electron chi connectivity index (χ1n) is 8.30. The van der Waals surface area contributed by atoms with Gasteiger partial charge in [-0.1, -0.05) is 17.7 Å². The lowest BCUT2D eigenvalue weighted by Gasteiger charge is -2.31. The predicted molar refractivity (Wildman–Crippen MR) is 95.7 cm³/mol. The Kier molecular flexibility index (Phi) is 5.87. The van der Waals surface area contributed by atoms with E-state index in [0.29, 0.717) is 36.2 Å². The Morgan fingerprint density at radius 1 is 1.35 bits per heavy atom. The lowest BCUT2D eigenvalue weighted by Crippen LogP contribution is -2.46. The molecule has 0 unspecified atom stereocenters. The molecule has 0 aliphatic carbocycles. The maximum Gasteiger partial charge on any atom is 0.317 e. The van der Waals surface area contributed by atoms with Crippen LogP contribution in [0.3, 0.4) is 0 Å². The van der Waals surface area contributed by atoms with E-state index in [1.165, 1.54) is 0 Å². The Labute approximate surface area is 156 Å². The van der Waals surface area contributed by atoms with Crippen molar-refractivity contribution < 1.29 is 9.53 Å². The summed E-state index contributed by atoms with van der Waals surface area (Å²) in [6.07, 6.45) is 4.74. The van der Waals surface area contributed by atoms with Crippen LogP contribution in [-0.2, 0) is 6.54 Å². The lowest BCUT2D eigenvalue weighted by molar-refractivity contribution is 0.103. The number of likely N-dealkylation sites (tertiary alicyclic amines) is 1. The van der Waals surface area contributed by atoms with E-state index in [9.17, 15) is 4.79 Å². The summed E-state index contributed by atoms with van der Waals surface area (Å²) >= 11 is 6.13. The zero-order valence-corrected chi connectivity index (χ0v) is 14.8. The standard InChI is InChI=1S/C18H18ClN5O2/c19-16-10-13(11-20)2-3-14(16)12-23-18(25)24-8-4-15(5-9-24)26-17-21-6-1-7-22-17/h1-3,6-7,10,15H,4-5,8-9,12H2,(H,23,25). The Hall–Kier alpha value is -2.85. The molecular weight excluding hydrogens is 354 g/mol. The number of hydrogen-bond acceptors (Lipinski definition) is 5. The zero-order chi connectivity index (χ0) is 18.4. The minimum absolute atomic E-state index is 0.00872. The Balaban J connectivity index is 1.46. The van der Waals surface area contributed by atoms with Gasteiger partial charge in [-0.2, -0.15) is 5.26 Å². The smallest absolute Gasteiger partial charge is 0.317 e. The number of nitrogens with one attached hydrogen (secondary N) is 1. The number of carbonyl (C=O) groups excluding carboxylic acids is 1. The molecule has 2 heterocycles. The van der Waals surface area contributed by atoms with Crippen LogP contribution in [0, 0.1) is 11.3 Å². The number of hydrogen-bond donors (Lipinski definition) is 1. The number of ether oxygens (including phenoxy) is 1. The van der Waals surface area contributed by atoms with Gasteiger partial charge in [0.15, 0.2) is 0 Å². The number of aromatic nitrogens is 2. The summed E-state index contributed by atoms with van der Waals surface area (Å²) in [6, 6.07) is 9.02. The normalized spacial score (nSPS) is 14.5. The first-order chi connectivity index (χ1) is 12.7. The molecule has 7 nitrogen and oxygen atoms in total.